The molecule has 1 aliphatic rings. The van der Waals surface area contributed by atoms with Crippen LogP contribution in [0.1, 0.15) is 27.7 Å². The second kappa shape index (κ2) is 6.79. The Hall–Kier alpha value is -2.99. The third-order valence-corrected chi connectivity index (χ3v) is 8.87. The molecule has 0 aliphatic carbocycles. The zero-order valence-corrected chi connectivity index (χ0v) is 20.5. The van der Waals surface area contributed by atoms with Crippen molar-refractivity contribution in [1.82, 2.24) is 4.98 Å². The summed E-state index contributed by atoms with van der Waals surface area (Å²) in [5.74, 6) is 0. The monoisotopic (exact) mass is 461 g/mol. The number of nitrogens with zero attached hydrogens (tertiary/aromatic N) is 1. The summed E-state index contributed by atoms with van der Waals surface area (Å²) in [6, 6.07) is 25.9. The van der Waals surface area contributed by atoms with Gasteiger partial charge in [0.05, 0.1) is 22.3 Å². The largest absolute Gasteiger partial charge is 0.515 e. The lowest BCUT2D eigenvalue weighted by atomic mass is 9.79. The molecule has 0 N–H and O–H groups in total. The zero-order valence-electron chi connectivity index (χ0n) is 19.7. The van der Waals surface area contributed by atoms with E-state index in [2.05, 4.69) is 100 Å². The molecule has 7 rings (SSSR count). The van der Waals surface area contributed by atoms with Gasteiger partial charge in [0.15, 0.2) is 0 Å². The summed E-state index contributed by atoms with van der Waals surface area (Å²) < 4.78 is 15.7. The standard InChI is InChI=1S/C29H24BNO2S/c1-28(2)29(3,4)33-30(32-28)27-25-23(19-13-7-9-15-21(19)31-27)17-11-5-6-12-18(17)24-20-14-8-10-16-22(20)34-26(24)25/h5-16H,1-4H3. The quantitative estimate of drug-likeness (QED) is 0.192. The molecule has 2 aromatic heterocycles. The van der Waals surface area contributed by atoms with Crippen molar-refractivity contribution < 1.29 is 9.31 Å². The molecule has 166 valence electrons. The molecule has 4 aromatic carbocycles. The summed E-state index contributed by atoms with van der Waals surface area (Å²) in [6.45, 7) is 8.39. The Kier molecular flexibility index (Phi) is 4.07. The molecule has 0 bridgehead atoms. The minimum atomic E-state index is -0.535. The molecular weight excluding hydrogens is 437 g/mol. The van der Waals surface area contributed by atoms with E-state index in [9.17, 15) is 0 Å². The van der Waals surface area contributed by atoms with Crippen molar-refractivity contribution >= 4 is 76.7 Å². The van der Waals surface area contributed by atoms with E-state index in [-0.39, 0.29) is 0 Å². The fraction of sp³-hybridized carbons (Fsp3) is 0.207. The molecule has 0 atom stereocenters. The number of benzene rings is 4. The van der Waals surface area contributed by atoms with Crippen LogP contribution in [0, 0.1) is 0 Å². The predicted molar refractivity (Wildman–Crippen MR) is 145 cm³/mol. The van der Waals surface area contributed by atoms with E-state index in [1.54, 1.807) is 0 Å². The average molecular weight is 461 g/mol. The van der Waals surface area contributed by atoms with Crippen LogP contribution in [0.3, 0.4) is 0 Å². The molecule has 1 aliphatic heterocycles. The van der Waals surface area contributed by atoms with Gasteiger partial charge in [0.1, 0.15) is 0 Å². The molecule has 6 aromatic rings. The Balaban J connectivity index is 1.74. The molecule has 0 radical (unpaired) electrons. The number of aromatic nitrogens is 1. The summed E-state index contributed by atoms with van der Waals surface area (Å²) in [7, 11) is -0.535. The Labute approximate surface area is 202 Å². The topological polar surface area (TPSA) is 31.4 Å². The summed E-state index contributed by atoms with van der Waals surface area (Å²) >= 11 is 1.84. The Morgan fingerprint density at radius 2 is 1.21 bits per heavy atom. The maximum atomic E-state index is 6.56. The molecule has 1 fully saturated rings. The van der Waals surface area contributed by atoms with Gasteiger partial charge in [-0.25, -0.2) is 0 Å². The first-order chi connectivity index (χ1) is 16.4. The number of pyridine rings is 1. The van der Waals surface area contributed by atoms with Crippen molar-refractivity contribution in [2.75, 3.05) is 0 Å². The molecule has 0 unspecified atom stereocenters. The van der Waals surface area contributed by atoms with Crippen LogP contribution in [-0.2, 0) is 9.31 Å². The van der Waals surface area contributed by atoms with Gasteiger partial charge in [-0.2, -0.15) is 0 Å². The van der Waals surface area contributed by atoms with E-state index in [4.69, 9.17) is 14.3 Å². The number of fused-ring (bicyclic) bond motifs is 10. The summed E-state index contributed by atoms with van der Waals surface area (Å²) in [5, 5.41) is 8.63. The first-order valence-corrected chi connectivity index (χ1v) is 12.6. The first kappa shape index (κ1) is 20.4. The number of rotatable bonds is 1. The Bertz CT molecular complexity index is 1770. The van der Waals surface area contributed by atoms with Crippen molar-refractivity contribution in [3.63, 3.8) is 0 Å². The van der Waals surface area contributed by atoms with Gasteiger partial charge >= 0.3 is 7.12 Å². The third kappa shape index (κ3) is 2.63. The Morgan fingerprint density at radius 1 is 0.647 bits per heavy atom. The van der Waals surface area contributed by atoms with Gasteiger partial charge in [-0.05, 0) is 50.6 Å². The van der Waals surface area contributed by atoms with Crippen LogP contribution in [0.25, 0.3) is 52.6 Å². The smallest absolute Gasteiger partial charge is 0.398 e. The Morgan fingerprint density at radius 3 is 1.91 bits per heavy atom. The van der Waals surface area contributed by atoms with Gasteiger partial charge in [0.25, 0.3) is 0 Å². The van der Waals surface area contributed by atoms with Crippen LogP contribution in [0.2, 0.25) is 0 Å². The summed E-state index contributed by atoms with van der Waals surface area (Å²) in [6.07, 6.45) is 0. The van der Waals surface area contributed by atoms with E-state index in [0.29, 0.717) is 0 Å². The molecule has 0 saturated carbocycles. The van der Waals surface area contributed by atoms with Crippen LogP contribution in [-0.4, -0.2) is 23.3 Å². The molecular formula is C29H24BNO2S. The minimum Gasteiger partial charge on any atom is -0.398 e. The molecule has 0 spiro atoms. The summed E-state index contributed by atoms with van der Waals surface area (Å²) in [4.78, 5) is 5.20. The SMILES string of the molecule is CC1(C)OB(c2nc3ccccc3c3c4ccccc4c4c5ccccc5sc4c23)OC1(C)C. The van der Waals surface area contributed by atoms with E-state index in [1.807, 2.05) is 11.3 Å². The molecule has 3 nitrogen and oxygen atoms in total. The van der Waals surface area contributed by atoms with Crippen LogP contribution >= 0.6 is 11.3 Å². The van der Waals surface area contributed by atoms with Crippen molar-refractivity contribution in [3.8, 4) is 0 Å². The highest BCUT2D eigenvalue weighted by atomic mass is 32.1. The number of thiophene rings is 1. The lowest BCUT2D eigenvalue weighted by molar-refractivity contribution is 0.00578. The molecule has 0 amide bonds. The zero-order chi connectivity index (χ0) is 23.2. The molecule has 3 heterocycles. The first-order valence-electron chi connectivity index (χ1n) is 11.8. The second-order valence-corrected chi connectivity index (χ2v) is 11.3. The predicted octanol–water partition coefficient (Wildman–Crippen LogP) is 7.21. The van der Waals surface area contributed by atoms with Crippen LogP contribution < -0.4 is 5.59 Å². The van der Waals surface area contributed by atoms with Crippen molar-refractivity contribution in [3.05, 3.63) is 72.8 Å². The van der Waals surface area contributed by atoms with E-state index >= 15 is 0 Å². The second-order valence-electron chi connectivity index (χ2n) is 10.2. The minimum absolute atomic E-state index is 0.437. The normalized spacial score (nSPS) is 17.6. The van der Waals surface area contributed by atoms with E-state index in [1.165, 1.54) is 36.3 Å². The van der Waals surface area contributed by atoms with Gasteiger partial charge in [-0.3, -0.25) is 4.98 Å². The van der Waals surface area contributed by atoms with Crippen molar-refractivity contribution in [2.45, 2.75) is 38.9 Å². The molecule has 5 heteroatoms. The molecule has 1 saturated heterocycles. The van der Waals surface area contributed by atoms with Crippen LogP contribution in [0.15, 0.2) is 72.8 Å². The van der Waals surface area contributed by atoms with Gasteiger partial charge in [0.2, 0.25) is 0 Å². The third-order valence-electron chi connectivity index (χ3n) is 7.69. The number of para-hydroxylation sites is 1. The van der Waals surface area contributed by atoms with Crippen LogP contribution in [0.4, 0.5) is 0 Å². The maximum Gasteiger partial charge on any atom is 0.515 e. The van der Waals surface area contributed by atoms with Gasteiger partial charge < -0.3 is 9.31 Å². The fourth-order valence-electron chi connectivity index (χ4n) is 5.27. The van der Waals surface area contributed by atoms with Gasteiger partial charge in [-0.1, -0.05) is 60.7 Å². The lowest BCUT2D eigenvalue weighted by Crippen LogP contribution is -2.41. The van der Waals surface area contributed by atoms with E-state index < -0.39 is 18.3 Å². The highest BCUT2D eigenvalue weighted by Crippen LogP contribution is 2.45. The average Bonchev–Trinajstić information content (AvgIpc) is 3.32. The van der Waals surface area contributed by atoms with Crippen molar-refractivity contribution in [2.24, 2.45) is 0 Å². The number of hydrogen-bond donors (Lipinski definition) is 0. The highest BCUT2D eigenvalue weighted by molar-refractivity contribution is 7.27. The maximum absolute atomic E-state index is 6.56. The van der Waals surface area contributed by atoms with Crippen LogP contribution in [0.5, 0.6) is 0 Å². The van der Waals surface area contributed by atoms with Crippen molar-refractivity contribution in [1.29, 1.82) is 0 Å². The lowest BCUT2D eigenvalue weighted by Gasteiger charge is -2.32. The van der Waals surface area contributed by atoms with Gasteiger partial charge in [-0.15, -0.1) is 11.3 Å². The summed E-state index contributed by atoms with van der Waals surface area (Å²) in [5.41, 5.74) is 0.959. The number of hydrogen-bond acceptors (Lipinski definition) is 4. The fourth-order valence-corrected chi connectivity index (χ4v) is 6.55. The van der Waals surface area contributed by atoms with E-state index in [0.717, 1.165) is 21.9 Å². The molecule has 34 heavy (non-hydrogen) atoms. The van der Waals surface area contributed by atoms with Gasteiger partial charge in [0, 0.05) is 36.3 Å². The highest BCUT2D eigenvalue weighted by Gasteiger charge is 2.53.